The van der Waals surface area contributed by atoms with E-state index in [4.69, 9.17) is 5.11 Å². The number of nitrogens with one attached hydrogen (secondary N) is 1. The van der Waals surface area contributed by atoms with Crippen LogP contribution < -0.4 is 5.32 Å². The quantitative estimate of drug-likeness (QED) is 0.761. The van der Waals surface area contributed by atoms with Gasteiger partial charge in [-0.15, -0.1) is 11.8 Å². The largest absolute Gasteiger partial charge is 0.396 e. The second-order valence-corrected chi connectivity index (χ2v) is 5.68. The second kappa shape index (κ2) is 7.53. The van der Waals surface area contributed by atoms with Crippen molar-refractivity contribution in [1.82, 2.24) is 5.32 Å². The molecule has 0 saturated carbocycles. The number of hydrogen-bond acceptors (Lipinski definition) is 3. The Morgan fingerprint density at radius 1 is 1.16 bits per heavy atom. The van der Waals surface area contributed by atoms with Gasteiger partial charge in [-0.1, -0.05) is 37.3 Å². The molecule has 0 fully saturated rings. The third-order valence-electron chi connectivity index (χ3n) is 3.14. The van der Waals surface area contributed by atoms with Gasteiger partial charge in [0.1, 0.15) is 0 Å². The van der Waals surface area contributed by atoms with Gasteiger partial charge >= 0.3 is 0 Å². The summed E-state index contributed by atoms with van der Waals surface area (Å²) in [6.45, 7) is 3.30. The molecule has 0 aliphatic carbocycles. The summed E-state index contributed by atoms with van der Waals surface area (Å²) in [7, 11) is 0. The van der Waals surface area contributed by atoms with Gasteiger partial charge in [-0.2, -0.15) is 0 Å². The first kappa shape index (κ1) is 14.4. The van der Waals surface area contributed by atoms with Gasteiger partial charge in [-0.05, 0) is 35.9 Å². The van der Waals surface area contributed by atoms with Crippen molar-refractivity contribution in [3.8, 4) is 0 Å². The fourth-order valence-electron chi connectivity index (χ4n) is 2.14. The highest BCUT2D eigenvalue weighted by atomic mass is 32.2. The first-order valence-electron chi connectivity index (χ1n) is 6.79. The molecule has 2 N–H and O–H groups in total. The molecule has 2 nitrogen and oxygen atoms in total. The first-order valence-corrected chi connectivity index (χ1v) is 7.78. The van der Waals surface area contributed by atoms with E-state index in [0.29, 0.717) is 6.04 Å². The van der Waals surface area contributed by atoms with Crippen molar-refractivity contribution in [2.45, 2.75) is 24.3 Å². The molecule has 1 atom stereocenters. The van der Waals surface area contributed by atoms with Crippen molar-refractivity contribution < 1.29 is 5.11 Å². The van der Waals surface area contributed by atoms with Crippen molar-refractivity contribution >= 4 is 22.5 Å². The van der Waals surface area contributed by atoms with Crippen LogP contribution in [0.15, 0.2) is 47.4 Å². The van der Waals surface area contributed by atoms with Crippen LogP contribution in [-0.2, 0) is 0 Å². The van der Waals surface area contributed by atoms with Gasteiger partial charge in [0.25, 0.3) is 0 Å². The lowest BCUT2D eigenvalue weighted by molar-refractivity contribution is 0.271. The van der Waals surface area contributed by atoms with Crippen LogP contribution in [0, 0.1) is 0 Å². The molecule has 2 rings (SSSR count). The van der Waals surface area contributed by atoms with E-state index in [1.165, 1.54) is 15.7 Å². The molecule has 102 valence electrons. The smallest absolute Gasteiger partial charge is 0.0446 e. The topological polar surface area (TPSA) is 32.3 Å². The van der Waals surface area contributed by atoms with Crippen molar-refractivity contribution in [2.75, 3.05) is 18.9 Å². The Morgan fingerprint density at radius 2 is 1.95 bits per heavy atom. The van der Waals surface area contributed by atoms with E-state index in [2.05, 4.69) is 54.7 Å². The molecule has 0 aliphatic rings. The molecule has 0 bridgehead atoms. The molecule has 0 saturated heterocycles. The van der Waals surface area contributed by atoms with Gasteiger partial charge in [0.2, 0.25) is 0 Å². The van der Waals surface area contributed by atoms with Crippen LogP contribution in [0.25, 0.3) is 10.8 Å². The van der Waals surface area contributed by atoms with Gasteiger partial charge in [-0.25, -0.2) is 0 Å². The van der Waals surface area contributed by atoms with Gasteiger partial charge in [0, 0.05) is 23.3 Å². The summed E-state index contributed by atoms with van der Waals surface area (Å²) in [6, 6.07) is 15.4. The summed E-state index contributed by atoms with van der Waals surface area (Å²) in [5.74, 6) is 0.993. The molecule has 0 aliphatic heterocycles. The summed E-state index contributed by atoms with van der Waals surface area (Å²) in [6.07, 6.45) is 0.814. The van der Waals surface area contributed by atoms with E-state index in [1.807, 2.05) is 11.8 Å². The molecule has 0 radical (unpaired) electrons. The number of benzene rings is 2. The zero-order valence-corrected chi connectivity index (χ0v) is 12.1. The van der Waals surface area contributed by atoms with Crippen LogP contribution in [0.1, 0.15) is 13.3 Å². The SMILES string of the molecule is CCNC(CCO)CSc1ccc2ccccc2c1. The molecule has 3 heteroatoms. The molecule has 0 aromatic heterocycles. The Hall–Kier alpha value is -1.03. The number of aliphatic hydroxyl groups excluding tert-OH is 1. The van der Waals surface area contributed by atoms with Crippen molar-refractivity contribution in [1.29, 1.82) is 0 Å². The highest BCUT2D eigenvalue weighted by Crippen LogP contribution is 2.24. The van der Waals surface area contributed by atoms with E-state index >= 15 is 0 Å². The average Bonchev–Trinajstić information content (AvgIpc) is 2.45. The summed E-state index contributed by atoms with van der Waals surface area (Å²) < 4.78 is 0. The van der Waals surface area contributed by atoms with Crippen LogP contribution in [0.4, 0.5) is 0 Å². The molecule has 0 amide bonds. The highest BCUT2D eigenvalue weighted by molar-refractivity contribution is 7.99. The fourth-order valence-corrected chi connectivity index (χ4v) is 3.20. The average molecular weight is 275 g/mol. The van der Waals surface area contributed by atoms with Crippen LogP contribution in [0.3, 0.4) is 0 Å². The molecule has 1 unspecified atom stereocenters. The summed E-state index contributed by atoms with van der Waals surface area (Å²) in [4.78, 5) is 1.29. The van der Waals surface area contributed by atoms with Crippen LogP contribution in [0.5, 0.6) is 0 Å². The second-order valence-electron chi connectivity index (χ2n) is 4.59. The van der Waals surface area contributed by atoms with E-state index in [-0.39, 0.29) is 6.61 Å². The van der Waals surface area contributed by atoms with Gasteiger partial charge < -0.3 is 10.4 Å². The standard InChI is InChI=1S/C16H21NOS/c1-2-17-15(9-10-18)12-19-16-8-7-13-5-3-4-6-14(13)11-16/h3-8,11,15,17-18H,2,9-10,12H2,1H3. The molecular formula is C16H21NOS. The lowest BCUT2D eigenvalue weighted by Gasteiger charge is -2.16. The predicted molar refractivity (Wildman–Crippen MR) is 83.8 cm³/mol. The number of aliphatic hydroxyl groups is 1. The molecule has 0 heterocycles. The Labute approximate surface area is 119 Å². The van der Waals surface area contributed by atoms with Crippen LogP contribution in [-0.4, -0.2) is 30.1 Å². The molecule has 2 aromatic rings. The minimum Gasteiger partial charge on any atom is -0.396 e. The van der Waals surface area contributed by atoms with Gasteiger partial charge in [0.15, 0.2) is 0 Å². The first-order chi connectivity index (χ1) is 9.33. The highest BCUT2D eigenvalue weighted by Gasteiger charge is 2.07. The molecular weight excluding hydrogens is 254 g/mol. The van der Waals surface area contributed by atoms with Gasteiger partial charge in [-0.3, -0.25) is 0 Å². The number of thioether (sulfide) groups is 1. The third kappa shape index (κ3) is 4.23. The maximum absolute atomic E-state index is 9.05. The van der Waals surface area contributed by atoms with E-state index < -0.39 is 0 Å². The summed E-state index contributed by atoms with van der Waals surface area (Å²) in [5.41, 5.74) is 0. The van der Waals surface area contributed by atoms with Crippen LogP contribution in [0.2, 0.25) is 0 Å². The Morgan fingerprint density at radius 3 is 2.68 bits per heavy atom. The van der Waals surface area contributed by atoms with Gasteiger partial charge in [0.05, 0.1) is 0 Å². The van der Waals surface area contributed by atoms with E-state index in [0.717, 1.165) is 18.7 Å². The molecule has 2 aromatic carbocycles. The third-order valence-corrected chi connectivity index (χ3v) is 4.30. The maximum Gasteiger partial charge on any atom is 0.0446 e. The van der Waals surface area contributed by atoms with Crippen molar-refractivity contribution in [3.05, 3.63) is 42.5 Å². The number of rotatable bonds is 7. The summed E-state index contributed by atoms with van der Waals surface area (Å²) in [5, 5.41) is 15.0. The Balaban J connectivity index is 2.00. The zero-order valence-electron chi connectivity index (χ0n) is 11.3. The lowest BCUT2D eigenvalue weighted by atomic mass is 10.1. The Kier molecular flexibility index (Phi) is 5.70. The molecule has 19 heavy (non-hydrogen) atoms. The fraction of sp³-hybridized carbons (Fsp3) is 0.375. The Bertz CT molecular complexity index is 509. The lowest BCUT2D eigenvalue weighted by Crippen LogP contribution is -2.31. The zero-order chi connectivity index (χ0) is 13.5. The van der Waals surface area contributed by atoms with Crippen LogP contribution >= 0.6 is 11.8 Å². The summed E-state index contributed by atoms with van der Waals surface area (Å²) >= 11 is 1.85. The minimum absolute atomic E-state index is 0.246. The normalized spacial score (nSPS) is 12.7. The van der Waals surface area contributed by atoms with Crippen molar-refractivity contribution in [3.63, 3.8) is 0 Å². The monoisotopic (exact) mass is 275 g/mol. The number of hydrogen-bond donors (Lipinski definition) is 2. The molecule has 0 spiro atoms. The van der Waals surface area contributed by atoms with E-state index in [9.17, 15) is 0 Å². The van der Waals surface area contributed by atoms with Crippen molar-refractivity contribution in [2.24, 2.45) is 0 Å². The maximum atomic E-state index is 9.05. The predicted octanol–water partition coefficient (Wildman–Crippen LogP) is 3.29. The minimum atomic E-state index is 0.246. The number of fused-ring (bicyclic) bond motifs is 1. The van der Waals surface area contributed by atoms with E-state index in [1.54, 1.807) is 0 Å².